The molecule has 0 spiro atoms. The number of amides is 1. The van der Waals surface area contributed by atoms with Gasteiger partial charge in [0.25, 0.3) is 0 Å². The molecule has 0 aliphatic carbocycles. The van der Waals surface area contributed by atoms with Gasteiger partial charge in [0.15, 0.2) is 9.84 Å². The molecule has 0 radical (unpaired) electrons. The van der Waals surface area contributed by atoms with E-state index in [4.69, 9.17) is 22.3 Å². The highest BCUT2D eigenvalue weighted by Gasteiger charge is 2.13. The molecule has 1 heterocycles. The smallest absolute Gasteiger partial charge is 0.225 e. The van der Waals surface area contributed by atoms with Crippen LogP contribution in [-0.4, -0.2) is 32.8 Å². The van der Waals surface area contributed by atoms with Gasteiger partial charge in [-0.2, -0.15) is 0 Å². The summed E-state index contributed by atoms with van der Waals surface area (Å²) in [5.74, 6) is -0.173. The Morgan fingerprint density at radius 2 is 1.91 bits per heavy atom. The number of carbonyl (C=O) groups excluding carboxylic acids is 1. The number of benzene rings is 2. The fourth-order valence-electron chi connectivity index (χ4n) is 3.01. The molecule has 9 heteroatoms. The molecule has 172 valence electrons. The minimum Gasteiger partial charge on any atom is -0.402 e. The Hall–Kier alpha value is -2.94. The molecule has 3 rings (SSSR count). The summed E-state index contributed by atoms with van der Waals surface area (Å²) in [5.41, 5.74) is 8.42. The Kier molecular flexibility index (Phi) is 8.07. The summed E-state index contributed by atoms with van der Waals surface area (Å²) in [6.45, 7) is 2.36. The number of allylic oxidation sites excluding steroid dienone is 1. The van der Waals surface area contributed by atoms with Crippen molar-refractivity contribution in [1.29, 1.82) is 0 Å². The van der Waals surface area contributed by atoms with Crippen LogP contribution in [-0.2, 0) is 14.6 Å². The quantitative estimate of drug-likeness (QED) is 0.426. The summed E-state index contributed by atoms with van der Waals surface area (Å²) in [6, 6.07) is 17.8. The number of nitrogens with two attached hydrogens (primary N) is 1. The normalized spacial score (nSPS) is 12.6. The highest BCUT2D eigenvalue weighted by molar-refractivity contribution is 7.90. The maximum atomic E-state index is 11.9. The van der Waals surface area contributed by atoms with Gasteiger partial charge in [-0.25, -0.2) is 13.4 Å². The molecule has 0 aliphatic heterocycles. The molecule has 1 aromatic heterocycles. The van der Waals surface area contributed by atoms with Crippen molar-refractivity contribution in [2.45, 2.75) is 18.2 Å². The van der Waals surface area contributed by atoms with Crippen LogP contribution in [0.25, 0.3) is 10.4 Å². The first-order chi connectivity index (χ1) is 15.7. The average Bonchev–Trinajstić information content (AvgIpc) is 3.25. The Labute approximate surface area is 202 Å². The van der Waals surface area contributed by atoms with Crippen molar-refractivity contribution in [2.75, 3.05) is 12.8 Å². The molecule has 1 amide bonds. The van der Waals surface area contributed by atoms with E-state index < -0.39 is 9.84 Å². The maximum absolute atomic E-state index is 11.9. The molecule has 33 heavy (non-hydrogen) atoms. The number of halogens is 1. The molecule has 0 saturated carbocycles. The summed E-state index contributed by atoms with van der Waals surface area (Å²) < 4.78 is 23.9. The maximum Gasteiger partial charge on any atom is 0.225 e. The van der Waals surface area contributed by atoms with Crippen LogP contribution >= 0.6 is 22.9 Å². The summed E-state index contributed by atoms with van der Waals surface area (Å²) in [4.78, 5) is 18.6. The van der Waals surface area contributed by atoms with Gasteiger partial charge in [-0.3, -0.25) is 4.79 Å². The van der Waals surface area contributed by atoms with Crippen molar-refractivity contribution in [3.8, 4) is 10.4 Å². The van der Waals surface area contributed by atoms with Crippen molar-refractivity contribution in [3.05, 3.63) is 82.3 Å². The molecule has 0 unspecified atom stereocenters. The number of rotatable bonds is 8. The number of para-hydroxylation sites is 1. The number of hydrogen-bond acceptors (Lipinski definition) is 6. The predicted octanol–water partition coefficient (Wildman–Crippen LogP) is 4.96. The summed E-state index contributed by atoms with van der Waals surface area (Å²) in [7, 11) is -3.32. The minimum atomic E-state index is -3.32. The standard InChI is InChI=1S/C24H24ClN3O3S2/c1-3-27-24(29)15-17(26)14-21(28-20-10-5-4-9-19(20)25)23-12-11-22(32-23)16-7-6-8-18(13-16)33(2,30)31/h4-14H,3,15,26H2,1-2H3,(H,27,29). The number of nitrogens with zero attached hydrogens (tertiary/aromatic N) is 1. The van der Waals surface area contributed by atoms with Crippen molar-refractivity contribution < 1.29 is 13.2 Å². The zero-order chi connectivity index (χ0) is 24.0. The summed E-state index contributed by atoms with van der Waals surface area (Å²) in [6.07, 6.45) is 2.90. The van der Waals surface area contributed by atoms with Gasteiger partial charge in [0.2, 0.25) is 5.91 Å². The third-order valence-corrected chi connectivity index (χ3v) is 7.15. The number of hydrogen-bond donors (Lipinski definition) is 2. The minimum absolute atomic E-state index is 0.0457. The molecular formula is C24H24ClN3O3S2. The van der Waals surface area contributed by atoms with Gasteiger partial charge < -0.3 is 11.1 Å². The first-order valence-electron chi connectivity index (χ1n) is 10.1. The van der Waals surface area contributed by atoms with Crippen molar-refractivity contribution in [2.24, 2.45) is 10.7 Å². The lowest BCUT2D eigenvalue weighted by Gasteiger charge is -2.06. The second-order valence-corrected chi connectivity index (χ2v) is 10.8. The van der Waals surface area contributed by atoms with Crippen LogP contribution in [0.2, 0.25) is 5.02 Å². The number of aliphatic imine (C=N–C) groups is 1. The van der Waals surface area contributed by atoms with Crippen molar-refractivity contribution in [1.82, 2.24) is 5.32 Å². The third-order valence-electron chi connectivity index (χ3n) is 4.56. The van der Waals surface area contributed by atoms with Crippen LogP contribution in [0.4, 0.5) is 5.69 Å². The Balaban J connectivity index is 2.03. The van der Waals surface area contributed by atoms with Crippen molar-refractivity contribution >= 4 is 50.1 Å². The topological polar surface area (TPSA) is 102 Å². The second-order valence-electron chi connectivity index (χ2n) is 7.26. The lowest BCUT2D eigenvalue weighted by molar-refractivity contribution is -0.120. The molecular weight excluding hydrogens is 478 g/mol. The Morgan fingerprint density at radius 1 is 1.15 bits per heavy atom. The lowest BCUT2D eigenvalue weighted by Crippen LogP contribution is -2.24. The van der Waals surface area contributed by atoms with Gasteiger partial charge in [-0.15, -0.1) is 11.3 Å². The van der Waals surface area contributed by atoms with E-state index >= 15 is 0 Å². The van der Waals surface area contributed by atoms with E-state index in [9.17, 15) is 13.2 Å². The number of nitrogens with one attached hydrogen (secondary N) is 1. The fourth-order valence-corrected chi connectivity index (χ4v) is 4.82. The fraction of sp³-hybridized carbons (Fsp3) is 0.167. The second kappa shape index (κ2) is 10.8. The Bertz CT molecular complexity index is 1330. The van der Waals surface area contributed by atoms with Gasteiger partial charge in [-0.1, -0.05) is 35.9 Å². The van der Waals surface area contributed by atoms with Gasteiger partial charge in [-0.05, 0) is 55.0 Å². The van der Waals surface area contributed by atoms with Gasteiger partial charge in [0.1, 0.15) is 0 Å². The summed E-state index contributed by atoms with van der Waals surface area (Å²) >= 11 is 7.74. The van der Waals surface area contributed by atoms with E-state index in [1.807, 2.05) is 37.3 Å². The van der Waals surface area contributed by atoms with E-state index in [1.165, 1.54) is 17.6 Å². The van der Waals surface area contributed by atoms with E-state index in [0.29, 0.717) is 28.7 Å². The first kappa shape index (κ1) is 24.7. The van der Waals surface area contributed by atoms with Crippen molar-refractivity contribution in [3.63, 3.8) is 0 Å². The molecule has 0 bridgehead atoms. The molecule has 6 nitrogen and oxygen atoms in total. The van der Waals surface area contributed by atoms with Crippen LogP contribution in [0.3, 0.4) is 0 Å². The van der Waals surface area contributed by atoms with Gasteiger partial charge in [0, 0.05) is 23.4 Å². The largest absolute Gasteiger partial charge is 0.402 e. The van der Waals surface area contributed by atoms with Crippen LogP contribution < -0.4 is 11.1 Å². The molecule has 2 aromatic carbocycles. The van der Waals surface area contributed by atoms with Gasteiger partial charge >= 0.3 is 0 Å². The highest BCUT2D eigenvalue weighted by Crippen LogP contribution is 2.32. The molecule has 0 saturated heterocycles. The van der Waals surface area contributed by atoms with Crippen LogP contribution in [0, 0.1) is 0 Å². The number of sulfone groups is 1. The summed E-state index contributed by atoms with van der Waals surface area (Å²) in [5, 5.41) is 3.21. The third kappa shape index (κ3) is 6.77. The number of carbonyl (C=O) groups is 1. The highest BCUT2D eigenvalue weighted by atomic mass is 35.5. The molecule has 3 N–H and O–H groups in total. The average molecular weight is 502 g/mol. The van der Waals surface area contributed by atoms with E-state index in [2.05, 4.69) is 5.32 Å². The van der Waals surface area contributed by atoms with E-state index in [-0.39, 0.29) is 17.2 Å². The zero-order valence-corrected chi connectivity index (χ0v) is 20.6. The predicted molar refractivity (Wildman–Crippen MR) is 136 cm³/mol. The number of thiophene rings is 1. The molecule has 0 atom stereocenters. The Morgan fingerprint density at radius 3 is 2.61 bits per heavy atom. The molecule has 0 fully saturated rings. The van der Waals surface area contributed by atoms with Gasteiger partial charge in [0.05, 0.1) is 32.6 Å². The van der Waals surface area contributed by atoms with Crippen LogP contribution in [0.5, 0.6) is 0 Å². The lowest BCUT2D eigenvalue weighted by atomic mass is 10.2. The van der Waals surface area contributed by atoms with E-state index in [1.54, 1.807) is 36.4 Å². The zero-order valence-electron chi connectivity index (χ0n) is 18.2. The molecule has 0 aliphatic rings. The monoisotopic (exact) mass is 501 g/mol. The van der Waals surface area contributed by atoms with E-state index in [0.717, 1.165) is 15.3 Å². The van der Waals surface area contributed by atoms with Crippen LogP contribution in [0.15, 0.2) is 82.3 Å². The SMILES string of the molecule is CCNC(=O)CC(N)=CC(=Nc1ccccc1Cl)c1ccc(-c2cccc(S(C)(=O)=O)c2)s1. The molecule has 3 aromatic rings. The first-order valence-corrected chi connectivity index (χ1v) is 13.2. The van der Waals surface area contributed by atoms with Crippen LogP contribution in [0.1, 0.15) is 18.2 Å².